The van der Waals surface area contributed by atoms with E-state index in [1.54, 1.807) is 0 Å². The molecule has 0 aliphatic rings. The zero-order chi connectivity index (χ0) is 20.6. The minimum absolute atomic E-state index is 0. The van der Waals surface area contributed by atoms with Crippen LogP contribution in [0.25, 0.3) is 11.1 Å². The summed E-state index contributed by atoms with van der Waals surface area (Å²) >= 11 is 0. The Morgan fingerprint density at radius 3 is 2.10 bits per heavy atom. The molecule has 2 aromatic rings. The molecule has 1 unspecified atom stereocenters. The topological polar surface area (TPSA) is 136 Å². The van der Waals surface area contributed by atoms with Crippen LogP contribution in [-0.2, 0) is 20.6 Å². The number of carbonyl (C=O) groups is 2. The highest BCUT2D eigenvalue weighted by molar-refractivity contribution is 7.51. The standard InChI is InChI=1S/C19H23N2O6P.ClH/c22-18(23)10-11-20-19(24)17(21-13-28(25,26)27)12-14-6-8-16(9-7-14)15-4-2-1-3-5-15;/h1-9,17,21H,10-13H2,(H,20,24)(H,22,23)(H2,25,26,27);1H. The molecule has 2 aromatic carbocycles. The molecule has 0 bridgehead atoms. The Balaban J connectivity index is 0.00000420. The van der Waals surface area contributed by atoms with Crippen LogP contribution in [0.15, 0.2) is 54.6 Å². The van der Waals surface area contributed by atoms with Crippen molar-refractivity contribution in [3.63, 3.8) is 0 Å². The first kappa shape index (κ1) is 24.8. The van der Waals surface area contributed by atoms with Crippen LogP contribution in [0.1, 0.15) is 12.0 Å². The molecule has 1 atom stereocenters. The maximum atomic E-state index is 12.3. The fourth-order valence-corrected chi connectivity index (χ4v) is 3.06. The van der Waals surface area contributed by atoms with Gasteiger partial charge in [-0.1, -0.05) is 54.6 Å². The summed E-state index contributed by atoms with van der Waals surface area (Å²) in [5, 5.41) is 13.7. The number of hydrogen-bond acceptors (Lipinski definition) is 4. The Labute approximate surface area is 174 Å². The van der Waals surface area contributed by atoms with Crippen molar-refractivity contribution in [2.24, 2.45) is 0 Å². The van der Waals surface area contributed by atoms with Crippen LogP contribution in [0.3, 0.4) is 0 Å². The summed E-state index contributed by atoms with van der Waals surface area (Å²) in [7, 11) is -4.34. The Hall–Kier alpha value is -2.22. The van der Waals surface area contributed by atoms with E-state index in [4.69, 9.17) is 14.9 Å². The number of benzene rings is 2. The summed E-state index contributed by atoms with van der Waals surface area (Å²) in [6.45, 7) is -0.0603. The lowest BCUT2D eigenvalue weighted by atomic mass is 10.0. The maximum Gasteiger partial charge on any atom is 0.339 e. The molecular weight excluding hydrogens is 419 g/mol. The van der Waals surface area contributed by atoms with E-state index in [-0.39, 0.29) is 31.8 Å². The summed E-state index contributed by atoms with van der Waals surface area (Å²) < 4.78 is 11.1. The van der Waals surface area contributed by atoms with E-state index < -0.39 is 31.8 Å². The number of carbonyl (C=O) groups excluding carboxylic acids is 1. The molecule has 0 spiro atoms. The second-order valence-corrected chi connectivity index (χ2v) is 7.93. The van der Waals surface area contributed by atoms with Crippen molar-refractivity contribution in [2.45, 2.75) is 18.9 Å². The predicted octanol–water partition coefficient (Wildman–Crippen LogP) is 2.00. The molecule has 0 aromatic heterocycles. The Morgan fingerprint density at radius 2 is 1.55 bits per heavy atom. The average molecular weight is 443 g/mol. The van der Waals surface area contributed by atoms with Crippen LogP contribution in [0.4, 0.5) is 0 Å². The largest absolute Gasteiger partial charge is 0.481 e. The first-order valence-electron chi connectivity index (χ1n) is 8.66. The summed E-state index contributed by atoms with van der Waals surface area (Å²) in [5.74, 6) is -1.56. The SMILES string of the molecule is Cl.O=C(O)CCNC(=O)C(Cc1ccc(-c2ccccc2)cc1)NCP(=O)(O)O. The van der Waals surface area contributed by atoms with Crippen molar-refractivity contribution in [1.82, 2.24) is 10.6 Å². The first-order valence-corrected chi connectivity index (χ1v) is 10.5. The molecule has 29 heavy (non-hydrogen) atoms. The Morgan fingerprint density at radius 1 is 0.966 bits per heavy atom. The fraction of sp³-hybridized carbons (Fsp3) is 0.263. The molecule has 0 aliphatic heterocycles. The summed E-state index contributed by atoms with van der Waals surface area (Å²) in [5.41, 5.74) is 2.86. The van der Waals surface area contributed by atoms with E-state index >= 15 is 0 Å². The Bertz CT molecular complexity index is 842. The van der Waals surface area contributed by atoms with Crippen molar-refractivity contribution in [1.29, 1.82) is 0 Å². The van der Waals surface area contributed by atoms with Gasteiger partial charge in [0.2, 0.25) is 5.91 Å². The third-order valence-electron chi connectivity index (χ3n) is 4.00. The average Bonchev–Trinajstić information content (AvgIpc) is 2.65. The fourth-order valence-electron chi connectivity index (χ4n) is 2.60. The Kier molecular flexibility index (Phi) is 10.0. The van der Waals surface area contributed by atoms with Gasteiger partial charge in [0.15, 0.2) is 0 Å². The van der Waals surface area contributed by atoms with Crippen molar-refractivity contribution in [3.05, 3.63) is 60.2 Å². The quantitative estimate of drug-likeness (QED) is 0.355. The van der Waals surface area contributed by atoms with Gasteiger partial charge in [0.1, 0.15) is 0 Å². The number of halogens is 1. The summed E-state index contributed by atoms with van der Waals surface area (Å²) in [6.07, 6.45) is -0.678. The highest BCUT2D eigenvalue weighted by Gasteiger charge is 2.22. The zero-order valence-corrected chi connectivity index (χ0v) is 17.2. The molecule has 158 valence electrons. The molecule has 2 rings (SSSR count). The van der Waals surface area contributed by atoms with Crippen molar-refractivity contribution in [2.75, 3.05) is 12.8 Å². The number of carboxylic acids is 1. The van der Waals surface area contributed by atoms with Gasteiger partial charge in [-0.05, 0) is 23.1 Å². The molecule has 0 saturated carbocycles. The first-order chi connectivity index (χ1) is 13.2. The highest BCUT2D eigenvalue weighted by atomic mass is 35.5. The molecule has 10 heteroatoms. The lowest BCUT2D eigenvalue weighted by molar-refractivity contribution is -0.137. The normalized spacial score (nSPS) is 11.9. The van der Waals surface area contributed by atoms with Crippen LogP contribution >= 0.6 is 20.0 Å². The molecule has 0 heterocycles. The van der Waals surface area contributed by atoms with Gasteiger partial charge in [-0.3, -0.25) is 19.5 Å². The second kappa shape index (κ2) is 11.7. The van der Waals surface area contributed by atoms with E-state index in [1.165, 1.54) is 0 Å². The molecule has 0 fully saturated rings. The van der Waals surface area contributed by atoms with Gasteiger partial charge in [-0.25, -0.2) is 0 Å². The van der Waals surface area contributed by atoms with Crippen LogP contribution in [-0.4, -0.2) is 45.6 Å². The van der Waals surface area contributed by atoms with Gasteiger partial charge < -0.3 is 20.2 Å². The third kappa shape index (κ3) is 9.21. The number of rotatable bonds is 10. The van der Waals surface area contributed by atoms with E-state index in [1.807, 2.05) is 54.6 Å². The van der Waals surface area contributed by atoms with E-state index in [9.17, 15) is 14.2 Å². The van der Waals surface area contributed by atoms with Crippen molar-refractivity contribution in [3.8, 4) is 11.1 Å². The molecule has 0 radical (unpaired) electrons. The van der Waals surface area contributed by atoms with Gasteiger partial charge >= 0.3 is 13.6 Å². The second-order valence-electron chi connectivity index (χ2n) is 6.28. The van der Waals surface area contributed by atoms with Crippen LogP contribution in [0.5, 0.6) is 0 Å². The molecular formula is C19H24ClN2O6P. The lowest BCUT2D eigenvalue weighted by Crippen LogP contribution is -2.46. The molecule has 0 aliphatic carbocycles. The van der Waals surface area contributed by atoms with Gasteiger partial charge in [0, 0.05) is 6.54 Å². The van der Waals surface area contributed by atoms with Crippen LogP contribution in [0.2, 0.25) is 0 Å². The molecule has 5 N–H and O–H groups in total. The maximum absolute atomic E-state index is 12.3. The zero-order valence-electron chi connectivity index (χ0n) is 15.5. The van der Waals surface area contributed by atoms with Crippen molar-refractivity contribution >= 4 is 31.9 Å². The smallest absolute Gasteiger partial charge is 0.339 e. The predicted molar refractivity (Wildman–Crippen MR) is 112 cm³/mol. The van der Waals surface area contributed by atoms with Crippen LogP contribution in [0, 0.1) is 0 Å². The number of amides is 1. The molecule has 1 amide bonds. The summed E-state index contributed by atoms with van der Waals surface area (Å²) in [6, 6.07) is 16.4. The number of hydrogen-bond donors (Lipinski definition) is 5. The molecule has 0 saturated heterocycles. The van der Waals surface area contributed by atoms with Crippen LogP contribution < -0.4 is 10.6 Å². The van der Waals surface area contributed by atoms with Gasteiger partial charge in [-0.2, -0.15) is 0 Å². The molecule has 8 nitrogen and oxygen atoms in total. The van der Waals surface area contributed by atoms with Gasteiger partial charge in [0.05, 0.1) is 18.7 Å². The highest BCUT2D eigenvalue weighted by Crippen LogP contribution is 2.32. The minimum atomic E-state index is -4.34. The number of aliphatic carboxylic acids is 1. The van der Waals surface area contributed by atoms with E-state index in [0.29, 0.717) is 0 Å². The van der Waals surface area contributed by atoms with E-state index in [0.717, 1.165) is 16.7 Å². The third-order valence-corrected chi connectivity index (χ3v) is 4.59. The summed E-state index contributed by atoms with van der Waals surface area (Å²) in [4.78, 5) is 41.0. The number of carboxylic acid groups (broad SMARTS) is 1. The van der Waals surface area contributed by atoms with Crippen molar-refractivity contribution < 1.29 is 29.0 Å². The lowest BCUT2D eigenvalue weighted by Gasteiger charge is -2.19. The van der Waals surface area contributed by atoms with Gasteiger partial charge in [-0.15, -0.1) is 12.4 Å². The number of nitrogens with one attached hydrogen (secondary N) is 2. The monoisotopic (exact) mass is 442 g/mol. The van der Waals surface area contributed by atoms with Gasteiger partial charge in [0.25, 0.3) is 0 Å². The minimum Gasteiger partial charge on any atom is -0.481 e. The van der Waals surface area contributed by atoms with E-state index in [2.05, 4.69) is 10.6 Å².